The first-order valence-electron chi connectivity index (χ1n) is 8.09. The van der Waals surface area contributed by atoms with E-state index < -0.39 is 0 Å². The molecule has 3 heteroatoms. The molecular weight excluding hydrogens is 286 g/mol. The van der Waals surface area contributed by atoms with E-state index >= 15 is 0 Å². The van der Waals surface area contributed by atoms with Gasteiger partial charge in [0.2, 0.25) is 0 Å². The molecule has 0 aliphatic heterocycles. The maximum Gasteiger partial charge on any atom is 0.122 e. The third kappa shape index (κ3) is 4.73. The lowest BCUT2D eigenvalue weighted by molar-refractivity contribution is 0.296. The Morgan fingerprint density at radius 1 is 0.957 bits per heavy atom. The van der Waals surface area contributed by atoms with E-state index in [0.29, 0.717) is 13.2 Å². The van der Waals surface area contributed by atoms with E-state index in [1.807, 2.05) is 6.07 Å². The van der Waals surface area contributed by atoms with Crippen LogP contribution in [0.3, 0.4) is 0 Å². The minimum Gasteiger partial charge on any atom is -0.496 e. The number of benzene rings is 2. The average Bonchev–Trinajstić information content (AvgIpc) is 2.50. The van der Waals surface area contributed by atoms with Crippen molar-refractivity contribution in [1.82, 2.24) is 0 Å². The summed E-state index contributed by atoms with van der Waals surface area (Å²) in [5.74, 6) is 2.06. The molecule has 124 valence electrons. The van der Waals surface area contributed by atoms with Crippen molar-refractivity contribution in [3.63, 3.8) is 0 Å². The van der Waals surface area contributed by atoms with Crippen LogP contribution < -0.4 is 15.2 Å². The van der Waals surface area contributed by atoms with E-state index in [-0.39, 0.29) is 5.92 Å². The quantitative estimate of drug-likeness (QED) is 0.836. The molecule has 2 aromatic rings. The van der Waals surface area contributed by atoms with Crippen LogP contribution in [-0.4, -0.2) is 20.3 Å². The van der Waals surface area contributed by atoms with Crippen LogP contribution in [0, 0.1) is 20.8 Å². The van der Waals surface area contributed by atoms with Crippen LogP contribution in [0.5, 0.6) is 11.5 Å². The lowest BCUT2D eigenvalue weighted by Crippen LogP contribution is -2.16. The zero-order valence-electron chi connectivity index (χ0n) is 14.6. The predicted molar refractivity (Wildman–Crippen MR) is 95.6 cm³/mol. The van der Waals surface area contributed by atoms with Crippen molar-refractivity contribution in [2.24, 2.45) is 5.73 Å². The minimum absolute atomic E-state index is 0.232. The highest BCUT2D eigenvalue weighted by atomic mass is 16.5. The summed E-state index contributed by atoms with van der Waals surface area (Å²) in [4.78, 5) is 0. The van der Waals surface area contributed by atoms with Gasteiger partial charge in [0.15, 0.2) is 0 Å². The van der Waals surface area contributed by atoms with E-state index in [1.165, 1.54) is 22.3 Å². The summed E-state index contributed by atoms with van der Waals surface area (Å²) in [5, 5.41) is 0. The summed E-state index contributed by atoms with van der Waals surface area (Å²) in [7, 11) is 1.70. The second-order valence-corrected chi connectivity index (χ2v) is 6.14. The van der Waals surface area contributed by atoms with E-state index in [9.17, 15) is 0 Å². The van der Waals surface area contributed by atoms with Gasteiger partial charge in [-0.3, -0.25) is 0 Å². The zero-order chi connectivity index (χ0) is 16.8. The summed E-state index contributed by atoms with van der Waals surface area (Å²) in [6.07, 6.45) is 0.864. The van der Waals surface area contributed by atoms with Gasteiger partial charge in [-0.25, -0.2) is 0 Å². The van der Waals surface area contributed by atoms with Crippen molar-refractivity contribution in [1.29, 1.82) is 0 Å². The van der Waals surface area contributed by atoms with Crippen molar-refractivity contribution >= 4 is 0 Å². The normalized spacial score (nSPS) is 12.0. The second-order valence-electron chi connectivity index (χ2n) is 6.14. The second kappa shape index (κ2) is 8.02. The molecule has 0 aromatic heterocycles. The number of hydrogen-bond donors (Lipinski definition) is 1. The highest BCUT2D eigenvalue weighted by Crippen LogP contribution is 2.29. The molecule has 23 heavy (non-hydrogen) atoms. The summed E-state index contributed by atoms with van der Waals surface area (Å²) < 4.78 is 11.4. The molecule has 0 aliphatic carbocycles. The molecule has 0 saturated heterocycles. The largest absolute Gasteiger partial charge is 0.496 e. The first kappa shape index (κ1) is 17.4. The van der Waals surface area contributed by atoms with E-state index in [0.717, 1.165) is 17.9 Å². The maximum atomic E-state index is 6.00. The Morgan fingerprint density at radius 2 is 1.65 bits per heavy atom. The number of hydrogen-bond acceptors (Lipinski definition) is 3. The fourth-order valence-corrected chi connectivity index (χ4v) is 2.91. The number of aryl methyl sites for hydroxylation is 3. The lowest BCUT2D eigenvalue weighted by Gasteiger charge is -2.19. The average molecular weight is 313 g/mol. The molecule has 3 nitrogen and oxygen atoms in total. The standard InChI is InChI=1S/C20H27NO2/c1-14-5-6-20(22-4)19(12-14)17(13-21)7-8-23-18-10-15(2)9-16(3)11-18/h5-6,9-12,17H,7-8,13,21H2,1-4H3. The molecule has 0 bridgehead atoms. The van der Waals surface area contributed by atoms with Gasteiger partial charge in [-0.05, 0) is 68.6 Å². The van der Waals surface area contributed by atoms with E-state index in [1.54, 1.807) is 7.11 Å². The van der Waals surface area contributed by atoms with Crippen LogP contribution >= 0.6 is 0 Å². The van der Waals surface area contributed by atoms with Crippen LogP contribution in [0.4, 0.5) is 0 Å². The van der Waals surface area contributed by atoms with Gasteiger partial charge in [-0.2, -0.15) is 0 Å². The molecule has 1 unspecified atom stereocenters. The molecule has 2 aromatic carbocycles. The molecule has 0 radical (unpaired) electrons. The van der Waals surface area contributed by atoms with Gasteiger partial charge in [-0.1, -0.05) is 23.8 Å². The molecule has 0 heterocycles. The van der Waals surface area contributed by atoms with Crippen LogP contribution in [0.2, 0.25) is 0 Å². The summed E-state index contributed by atoms with van der Waals surface area (Å²) in [6.45, 7) is 7.47. The van der Waals surface area contributed by atoms with Crippen LogP contribution in [0.1, 0.15) is 34.6 Å². The molecule has 2 N–H and O–H groups in total. The van der Waals surface area contributed by atoms with Crippen molar-refractivity contribution in [3.05, 3.63) is 58.7 Å². The van der Waals surface area contributed by atoms with E-state index in [2.05, 4.69) is 51.1 Å². The minimum atomic E-state index is 0.232. The van der Waals surface area contributed by atoms with Crippen LogP contribution in [-0.2, 0) is 0 Å². The van der Waals surface area contributed by atoms with Gasteiger partial charge in [-0.15, -0.1) is 0 Å². The number of methoxy groups -OCH3 is 1. The summed E-state index contributed by atoms with van der Waals surface area (Å²) >= 11 is 0. The van der Waals surface area contributed by atoms with Gasteiger partial charge in [0.1, 0.15) is 11.5 Å². The molecule has 1 atom stereocenters. The van der Waals surface area contributed by atoms with Crippen LogP contribution in [0.25, 0.3) is 0 Å². The molecular formula is C20H27NO2. The third-order valence-corrected chi connectivity index (χ3v) is 4.04. The molecule has 0 amide bonds. The van der Waals surface area contributed by atoms with Gasteiger partial charge >= 0.3 is 0 Å². The summed E-state index contributed by atoms with van der Waals surface area (Å²) in [6, 6.07) is 12.5. The van der Waals surface area contributed by atoms with Crippen molar-refractivity contribution < 1.29 is 9.47 Å². The molecule has 0 saturated carbocycles. The zero-order valence-corrected chi connectivity index (χ0v) is 14.6. The van der Waals surface area contributed by atoms with Gasteiger partial charge in [0.25, 0.3) is 0 Å². The smallest absolute Gasteiger partial charge is 0.122 e. The Bertz CT molecular complexity index is 632. The van der Waals surface area contributed by atoms with Crippen molar-refractivity contribution in [2.75, 3.05) is 20.3 Å². The van der Waals surface area contributed by atoms with Gasteiger partial charge in [0, 0.05) is 5.92 Å². The monoisotopic (exact) mass is 313 g/mol. The molecule has 0 aliphatic rings. The Balaban J connectivity index is 2.04. The number of ether oxygens (including phenoxy) is 2. The highest BCUT2D eigenvalue weighted by molar-refractivity contribution is 5.39. The molecule has 0 spiro atoms. The van der Waals surface area contributed by atoms with Gasteiger partial charge in [0.05, 0.1) is 13.7 Å². The Kier molecular flexibility index (Phi) is 6.05. The predicted octanol–water partition coefficient (Wildman–Crippen LogP) is 4.13. The highest BCUT2D eigenvalue weighted by Gasteiger charge is 2.15. The number of rotatable bonds is 7. The van der Waals surface area contributed by atoms with Crippen LogP contribution in [0.15, 0.2) is 36.4 Å². The summed E-state index contributed by atoms with van der Waals surface area (Å²) in [5.41, 5.74) is 10.8. The van der Waals surface area contributed by atoms with Crippen molar-refractivity contribution in [3.8, 4) is 11.5 Å². The maximum absolute atomic E-state index is 6.00. The van der Waals surface area contributed by atoms with E-state index in [4.69, 9.17) is 15.2 Å². The topological polar surface area (TPSA) is 44.5 Å². The Morgan fingerprint density at radius 3 is 2.26 bits per heavy atom. The Labute approximate surface area is 139 Å². The fraction of sp³-hybridized carbons (Fsp3) is 0.400. The fourth-order valence-electron chi connectivity index (χ4n) is 2.91. The lowest BCUT2D eigenvalue weighted by atomic mass is 9.94. The SMILES string of the molecule is COc1ccc(C)cc1C(CN)CCOc1cc(C)cc(C)c1. The number of nitrogens with two attached hydrogens (primary N) is 1. The first-order chi connectivity index (χ1) is 11.0. The molecule has 2 rings (SSSR count). The first-order valence-corrected chi connectivity index (χ1v) is 8.09. The van der Waals surface area contributed by atoms with Crippen molar-refractivity contribution in [2.45, 2.75) is 33.1 Å². The van der Waals surface area contributed by atoms with Gasteiger partial charge < -0.3 is 15.2 Å². The third-order valence-electron chi connectivity index (χ3n) is 4.04. The molecule has 0 fully saturated rings. The Hall–Kier alpha value is -2.00.